The maximum atomic E-state index is 3.67. The maximum Gasteiger partial charge on any atom is 0.0294 e. The van der Waals surface area contributed by atoms with Crippen LogP contribution in [0, 0.1) is 12.8 Å². The summed E-state index contributed by atoms with van der Waals surface area (Å²) in [6, 6.07) is 9.75. The Balaban J connectivity index is 2.61. The van der Waals surface area contributed by atoms with Gasteiger partial charge in [0.1, 0.15) is 0 Å². The topological polar surface area (TPSA) is 12.0 Å². The van der Waals surface area contributed by atoms with Crippen molar-refractivity contribution in [3.8, 4) is 0 Å². The molecule has 0 heterocycles. The summed E-state index contributed by atoms with van der Waals surface area (Å²) in [6.07, 6.45) is 1.23. The minimum atomic E-state index is 0.434. The first-order valence-electron chi connectivity index (χ1n) is 6.37. The Morgan fingerprint density at radius 3 is 2.44 bits per heavy atom. The molecule has 0 fully saturated rings. The van der Waals surface area contributed by atoms with Gasteiger partial charge in [-0.05, 0) is 32.3 Å². The summed E-state index contributed by atoms with van der Waals surface area (Å²) in [4.78, 5) is 0. The first-order valence-corrected chi connectivity index (χ1v) is 6.37. The highest BCUT2D eigenvalue weighted by Gasteiger charge is 2.13. The standard InChI is InChI=1S/C15H25N/c1-6-12(3)13(4)16-14(5)15-9-7-8-11(2)10-15/h7-10,12-14,16H,6H2,1-5H3/t12?,13?,14-/m0/s1. The van der Waals surface area contributed by atoms with Crippen LogP contribution in [0.1, 0.15) is 51.3 Å². The van der Waals surface area contributed by atoms with E-state index < -0.39 is 0 Å². The van der Waals surface area contributed by atoms with Crippen molar-refractivity contribution in [1.82, 2.24) is 5.32 Å². The molecule has 1 aromatic rings. The summed E-state index contributed by atoms with van der Waals surface area (Å²) < 4.78 is 0. The van der Waals surface area contributed by atoms with Crippen LogP contribution in [0.5, 0.6) is 0 Å². The Morgan fingerprint density at radius 1 is 1.19 bits per heavy atom. The lowest BCUT2D eigenvalue weighted by Gasteiger charge is -2.25. The van der Waals surface area contributed by atoms with E-state index in [1.165, 1.54) is 17.5 Å². The predicted molar refractivity (Wildman–Crippen MR) is 71.6 cm³/mol. The summed E-state index contributed by atoms with van der Waals surface area (Å²) in [7, 11) is 0. The molecule has 2 unspecified atom stereocenters. The van der Waals surface area contributed by atoms with Crippen molar-refractivity contribution in [3.63, 3.8) is 0 Å². The third kappa shape index (κ3) is 3.64. The van der Waals surface area contributed by atoms with Crippen molar-refractivity contribution < 1.29 is 0 Å². The minimum Gasteiger partial charge on any atom is -0.307 e. The summed E-state index contributed by atoms with van der Waals surface area (Å²) in [5.74, 6) is 0.729. The first kappa shape index (κ1) is 13.2. The van der Waals surface area contributed by atoms with Crippen molar-refractivity contribution in [2.75, 3.05) is 0 Å². The van der Waals surface area contributed by atoms with Crippen LogP contribution >= 0.6 is 0 Å². The molecule has 0 spiro atoms. The highest BCUT2D eigenvalue weighted by molar-refractivity contribution is 5.24. The zero-order chi connectivity index (χ0) is 12.1. The smallest absolute Gasteiger partial charge is 0.0294 e. The molecule has 1 rings (SSSR count). The van der Waals surface area contributed by atoms with E-state index in [1.807, 2.05) is 0 Å². The molecule has 0 radical (unpaired) electrons. The second-order valence-corrected chi connectivity index (χ2v) is 4.98. The van der Waals surface area contributed by atoms with Crippen LogP contribution in [0.15, 0.2) is 24.3 Å². The van der Waals surface area contributed by atoms with Crippen LogP contribution in [-0.4, -0.2) is 6.04 Å². The van der Waals surface area contributed by atoms with E-state index in [0.717, 1.165) is 5.92 Å². The number of rotatable bonds is 5. The molecule has 0 aliphatic carbocycles. The Morgan fingerprint density at radius 2 is 1.88 bits per heavy atom. The predicted octanol–water partition coefficient (Wildman–Crippen LogP) is 4.08. The Hall–Kier alpha value is -0.820. The second-order valence-electron chi connectivity index (χ2n) is 4.98. The van der Waals surface area contributed by atoms with Gasteiger partial charge in [-0.15, -0.1) is 0 Å². The van der Waals surface area contributed by atoms with Crippen molar-refractivity contribution in [2.24, 2.45) is 5.92 Å². The molecule has 0 aliphatic heterocycles. The van der Waals surface area contributed by atoms with Crippen LogP contribution in [0.2, 0.25) is 0 Å². The Kier molecular flexibility index (Phi) is 5.01. The molecule has 0 saturated heterocycles. The second kappa shape index (κ2) is 6.05. The summed E-state index contributed by atoms with van der Waals surface area (Å²) in [5.41, 5.74) is 2.72. The van der Waals surface area contributed by atoms with Gasteiger partial charge in [-0.25, -0.2) is 0 Å². The molecule has 0 amide bonds. The molecule has 3 atom stereocenters. The maximum absolute atomic E-state index is 3.67. The van der Waals surface area contributed by atoms with Crippen LogP contribution in [-0.2, 0) is 0 Å². The van der Waals surface area contributed by atoms with Gasteiger partial charge in [-0.3, -0.25) is 0 Å². The SMILES string of the molecule is CCC(C)C(C)N[C@@H](C)c1cccc(C)c1. The van der Waals surface area contributed by atoms with Crippen LogP contribution in [0.25, 0.3) is 0 Å². The van der Waals surface area contributed by atoms with E-state index in [9.17, 15) is 0 Å². The summed E-state index contributed by atoms with van der Waals surface area (Å²) >= 11 is 0. The van der Waals surface area contributed by atoms with Crippen molar-refractivity contribution >= 4 is 0 Å². The molecule has 90 valence electrons. The van der Waals surface area contributed by atoms with Gasteiger partial charge in [0.25, 0.3) is 0 Å². The molecule has 1 aromatic carbocycles. The van der Waals surface area contributed by atoms with E-state index in [2.05, 4.69) is 64.2 Å². The lowest BCUT2D eigenvalue weighted by molar-refractivity contribution is 0.360. The van der Waals surface area contributed by atoms with Crippen LogP contribution in [0.4, 0.5) is 0 Å². The van der Waals surface area contributed by atoms with E-state index in [4.69, 9.17) is 0 Å². The fourth-order valence-corrected chi connectivity index (χ4v) is 1.95. The number of nitrogens with one attached hydrogen (secondary N) is 1. The molecule has 1 N–H and O–H groups in total. The van der Waals surface area contributed by atoms with Gasteiger partial charge in [0.05, 0.1) is 0 Å². The fraction of sp³-hybridized carbons (Fsp3) is 0.600. The quantitative estimate of drug-likeness (QED) is 0.787. The first-order chi connectivity index (χ1) is 7.54. The van der Waals surface area contributed by atoms with Crippen LogP contribution in [0.3, 0.4) is 0 Å². The van der Waals surface area contributed by atoms with Crippen molar-refractivity contribution in [3.05, 3.63) is 35.4 Å². The summed E-state index contributed by atoms with van der Waals surface area (Å²) in [6.45, 7) is 11.2. The van der Waals surface area contributed by atoms with Gasteiger partial charge in [0, 0.05) is 12.1 Å². The molecular formula is C15H25N. The van der Waals surface area contributed by atoms with Gasteiger partial charge >= 0.3 is 0 Å². The van der Waals surface area contributed by atoms with Gasteiger partial charge in [-0.1, -0.05) is 50.1 Å². The van der Waals surface area contributed by atoms with Crippen molar-refractivity contribution in [2.45, 2.75) is 53.1 Å². The highest BCUT2D eigenvalue weighted by Crippen LogP contribution is 2.17. The Labute approximate surface area is 100 Å². The van der Waals surface area contributed by atoms with Crippen LogP contribution < -0.4 is 5.32 Å². The van der Waals surface area contributed by atoms with Gasteiger partial charge in [0.15, 0.2) is 0 Å². The monoisotopic (exact) mass is 219 g/mol. The molecule has 16 heavy (non-hydrogen) atoms. The largest absolute Gasteiger partial charge is 0.307 e. The van der Waals surface area contributed by atoms with E-state index in [0.29, 0.717) is 12.1 Å². The normalized spacial score (nSPS) is 16.8. The number of hydrogen-bond acceptors (Lipinski definition) is 1. The third-order valence-corrected chi connectivity index (χ3v) is 3.55. The van der Waals surface area contributed by atoms with Gasteiger partial charge < -0.3 is 5.32 Å². The highest BCUT2D eigenvalue weighted by atomic mass is 14.9. The van der Waals surface area contributed by atoms with Crippen molar-refractivity contribution in [1.29, 1.82) is 0 Å². The molecule has 1 heteroatoms. The lowest BCUT2D eigenvalue weighted by atomic mass is 9.98. The molecular weight excluding hydrogens is 194 g/mol. The van der Waals surface area contributed by atoms with E-state index in [-0.39, 0.29) is 0 Å². The number of benzene rings is 1. The van der Waals surface area contributed by atoms with Gasteiger partial charge in [-0.2, -0.15) is 0 Å². The Bertz CT molecular complexity index is 319. The van der Waals surface area contributed by atoms with E-state index in [1.54, 1.807) is 0 Å². The lowest BCUT2D eigenvalue weighted by Crippen LogP contribution is -2.33. The average molecular weight is 219 g/mol. The summed E-state index contributed by atoms with van der Waals surface area (Å²) in [5, 5.41) is 3.67. The number of hydrogen-bond donors (Lipinski definition) is 1. The average Bonchev–Trinajstić information content (AvgIpc) is 2.27. The molecule has 0 aromatic heterocycles. The van der Waals surface area contributed by atoms with E-state index >= 15 is 0 Å². The third-order valence-electron chi connectivity index (χ3n) is 3.55. The molecule has 0 saturated carbocycles. The van der Waals surface area contributed by atoms with Gasteiger partial charge in [0.2, 0.25) is 0 Å². The molecule has 1 nitrogen and oxygen atoms in total. The zero-order valence-corrected chi connectivity index (χ0v) is 11.2. The molecule has 0 bridgehead atoms. The number of aryl methyl sites for hydroxylation is 1. The fourth-order valence-electron chi connectivity index (χ4n) is 1.95. The molecule has 0 aliphatic rings. The zero-order valence-electron chi connectivity index (χ0n) is 11.2. The minimum absolute atomic E-state index is 0.434.